The number of esters is 1. The molecule has 38 heavy (non-hydrogen) atoms. The van der Waals surface area contributed by atoms with Gasteiger partial charge < -0.3 is 31.7 Å². The Morgan fingerprint density at radius 1 is 1.05 bits per heavy atom. The fourth-order valence-electron chi connectivity index (χ4n) is 4.23. The van der Waals surface area contributed by atoms with Crippen LogP contribution in [0, 0.1) is 0 Å². The number of hydrogen-bond acceptors (Lipinski definition) is 7. The second-order valence-corrected chi connectivity index (χ2v) is 8.86. The normalized spacial score (nSPS) is 13.4. The van der Waals surface area contributed by atoms with Crippen LogP contribution in [0.4, 0.5) is 16.4 Å². The fraction of sp³-hybridized carbons (Fsp3) is 0.296. The van der Waals surface area contributed by atoms with Gasteiger partial charge in [0.1, 0.15) is 0 Å². The Morgan fingerprint density at radius 3 is 2.42 bits per heavy atom. The maximum atomic E-state index is 11.9. The molecule has 0 aliphatic carbocycles. The fourth-order valence-corrected chi connectivity index (χ4v) is 4.23. The van der Waals surface area contributed by atoms with Crippen molar-refractivity contribution in [2.24, 2.45) is 16.5 Å². The summed E-state index contributed by atoms with van der Waals surface area (Å²) in [5.41, 5.74) is 14.8. The van der Waals surface area contributed by atoms with Crippen LogP contribution >= 0.6 is 0 Å². The van der Waals surface area contributed by atoms with Gasteiger partial charge in [0.25, 0.3) is 0 Å². The van der Waals surface area contributed by atoms with Gasteiger partial charge >= 0.3 is 12.0 Å². The van der Waals surface area contributed by atoms with Crippen LogP contribution in [0.2, 0.25) is 0 Å². The summed E-state index contributed by atoms with van der Waals surface area (Å²) in [7, 11) is 0. The number of nitrogens with one attached hydrogen (secondary N) is 2. The Kier molecular flexibility index (Phi) is 8.70. The van der Waals surface area contributed by atoms with Crippen molar-refractivity contribution in [3.63, 3.8) is 0 Å². The zero-order valence-electron chi connectivity index (χ0n) is 21.3. The minimum absolute atomic E-state index is 0.271. The highest BCUT2D eigenvalue weighted by molar-refractivity contribution is 5.90. The van der Waals surface area contributed by atoms with Crippen molar-refractivity contribution in [3.05, 3.63) is 72.1 Å². The molecular weight excluding hydrogens is 484 g/mol. The Balaban J connectivity index is 1.28. The van der Waals surface area contributed by atoms with Gasteiger partial charge in [0, 0.05) is 49.3 Å². The molecule has 2 heterocycles. The van der Waals surface area contributed by atoms with Crippen LogP contribution in [0.3, 0.4) is 0 Å². The van der Waals surface area contributed by atoms with Gasteiger partial charge in [-0.2, -0.15) is 4.99 Å². The number of guanidine groups is 1. The van der Waals surface area contributed by atoms with Crippen LogP contribution in [0.5, 0.6) is 0 Å². The van der Waals surface area contributed by atoms with Gasteiger partial charge in [-0.1, -0.05) is 18.2 Å². The van der Waals surface area contributed by atoms with Crippen LogP contribution < -0.4 is 27.0 Å². The van der Waals surface area contributed by atoms with E-state index in [1.54, 1.807) is 19.3 Å². The van der Waals surface area contributed by atoms with Crippen molar-refractivity contribution < 1.29 is 14.3 Å². The zero-order valence-corrected chi connectivity index (χ0v) is 21.3. The zero-order chi connectivity index (χ0) is 26.9. The lowest BCUT2D eigenvalue weighted by Gasteiger charge is -2.34. The molecule has 0 atom stereocenters. The summed E-state index contributed by atoms with van der Waals surface area (Å²) in [6.45, 7) is 4.23. The van der Waals surface area contributed by atoms with Crippen LogP contribution in [0.1, 0.15) is 35.7 Å². The third kappa shape index (κ3) is 7.19. The SMILES string of the molecule is CCOC(=O)c1ccc(N2CCC(Nc3ncc(-c4cccc(CNC(=O)N=C(N)N)c4)cn3)CC2)cc1. The molecule has 0 bridgehead atoms. The van der Waals surface area contributed by atoms with E-state index in [0.717, 1.165) is 48.3 Å². The first kappa shape index (κ1) is 26.4. The number of aliphatic imine (C=N–C) groups is 1. The smallest absolute Gasteiger partial charge is 0.344 e. The first-order valence-corrected chi connectivity index (χ1v) is 12.5. The third-order valence-electron chi connectivity index (χ3n) is 6.16. The topological polar surface area (TPSA) is 161 Å². The molecule has 11 nitrogen and oxygen atoms in total. The number of benzene rings is 2. The number of urea groups is 1. The number of amides is 2. The molecular formula is C27H32N8O3. The largest absolute Gasteiger partial charge is 0.462 e. The van der Waals surface area contributed by atoms with Crippen LogP contribution in [0.15, 0.2) is 65.9 Å². The molecule has 1 aliphatic heterocycles. The van der Waals surface area contributed by atoms with Crippen LogP contribution in [0.25, 0.3) is 11.1 Å². The molecule has 198 valence electrons. The average Bonchev–Trinajstić information content (AvgIpc) is 2.93. The molecule has 2 aromatic carbocycles. The van der Waals surface area contributed by atoms with E-state index in [-0.39, 0.29) is 24.5 Å². The molecule has 1 saturated heterocycles. The van der Waals surface area contributed by atoms with Gasteiger partial charge in [-0.25, -0.2) is 19.6 Å². The molecule has 1 fully saturated rings. The summed E-state index contributed by atoms with van der Waals surface area (Å²) in [5.74, 6) is 0.00936. The molecule has 0 saturated carbocycles. The molecule has 1 aromatic heterocycles. The number of hydrogen-bond donors (Lipinski definition) is 4. The van der Waals surface area contributed by atoms with Crippen molar-refractivity contribution >= 4 is 29.6 Å². The summed E-state index contributed by atoms with van der Waals surface area (Å²) in [6, 6.07) is 15.0. The summed E-state index contributed by atoms with van der Waals surface area (Å²) < 4.78 is 5.05. The molecule has 0 spiro atoms. The van der Waals surface area contributed by atoms with Crippen molar-refractivity contribution in [2.45, 2.75) is 32.4 Å². The standard InChI is InChI=1S/C27H32N8O3/c1-2-38-24(36)19-6-8-23(9-7-19)35-12-10-22(11-13-35)33-26-30-16-21(17-31-26)20-5-3-4-18(14-20)15-32-27(37)34-25(28)29/h3-9,14,16-17,22H,2,10-13,15H2,1H3,(H,30,31,33)(H5,28,29,32,34,37). The number of carbonyl (C=O) groups excluding carboxylic acids is 2. The number of piperidine rings is 1. The van der Waals surface area contributed by atoms with Gasteiger partial charge in [0.15, 0.2) is 5.96 Å². The number of anilines is 2. The number of rotatable bonds is 8. The van der Waals surface area contributed by atoms with Gasteiger partial charge in [-0.15, -0.1) is 0 Å². The van der Waals surface area contributed by atoms with Crippen molar-refractivity contribution in [2.75, 3.05) is 29.9 Å². The number of nitrogens with zero attached hydrogens (tertiary/aromatic N) is 4. The van der Waals surface area contributed by atoms with E-state index >= 15 is 0 Å². The molecule has 1 aliphatic rings. The van der Waals surface area contributed by atoms with E-state index in [1.807, 2.05) is 48.5 Å². The van der Waals surface area contributed by atoms with E-state index in [0.29, 0.717) is 18.1 Å². The van der Waals surface area contributed by atoms with Crippen molar-refractivity contribution in [1.29, 1.82) is 0 Å². The monoisotopic (exact) mass is 516 g/mol. The highest BCUT2D eigenvalue weighted by Gasteiger charge is 2.20. The molecule has 0 unspecified atom stereocenters. The van der Waals surface area contributed by atoms with Gasteiger partial charge in [-0.05, 0) is 61.2 Å². The maximum Gasteiger partial charge on any atom is 0.344 e. The minimum atomic E-state index is -0.591. The summed E-state index contributed by atoms with van der Waals surface area (Å²) in [6.07, 6.45) is 5.45. The number of carbonyl (C=O) groups is 2. The maximum absolute atomic E-state index is 11.9. The second-order valence-electron chi connectivity index (χ2n) is 8.86. The second kappa shape index (κ2) is 12.5. The van der Waals surface area contributed by atoms with E-state index < -0.39 is 6.03 Å². The molecule has 3 aromatic rings. The minimum Gasteiger partial charge on any atom is -0.462 e. The first-order valence-electron chi connectivity index (χ1n) is 12.5. The number of ether oxygens (including phenoxy) is 1. The van der Waals surface area contributed by atoms with Gasteiger partial charge in [0.2, 0.25) is 5.95 Å². The molecule has 2 amide bonds. The lowest BCUT2D eigenvalue weighted by Crippen LogP contribution is -2.39. The van der Waals surface area contributed by atoms with E-state index in [9.17, 15) is 9.59 Å². The lowest BCUT2D eigenvalue weighted by atomic mass is 10.0. The number of nitrogens with two attached hydrogens (primary N) is 2. The van der Waals surface area contributed by atoms with E-state index in [1.165, 1.54) is 0 Å². The molecule has 11 heteroatoms. The van der Waals surface area contributed by atoms with Crippen LogP contribution in [-0.2, 0) is 11.3 Å². The van der Waals surface area contributed by atoms with E-state index in [2.05, 4.69) is 30.5 Å². The summed E-state index contributed by atoms with van der Waals surface area (Å²) in [4.78, 5) is 38.3. The predicted octanol–water partition coefficient (Wildman–Crippen LogP) is 2.88. The lowest BCUT2D eigenvalue weighted by molar-refractivity contribution is 0.0526. The summed E-state index contributed by atoms with van der Waals surface area (Å²) in [5, 5.41) is 6.08. The van der Waals surface area contributed by atoms with E-state index in [4.69, 9.17) is 16.2 Å². The predicted molar refractivity (Wildman–Crippen MR) is 147 cm³/mol. The van der Waals surface area contributed by atoms with Crippen LogP contribution in [-0.4, -0.2) is 53.7 Å². The quantitative estimate of drug-likeness (QED) is 0.200. The molecule has 0 radical (unpaired) electrons. The Morgan fingerprint density at radius 2 is 1.76 bits per heavy atom. The first-order chi connectivity index (χ1) is 18.4. The highest BCUT2D eigenvalue weighted by atomic mass is 16.5. The Bertz CT molecular complexity index is 1270. The van der Waals surface area contributed by atoms with Crippen molar-refractivity contribution in [3.8, 4) is 11.1 Å². The van der Waals surface area contributed by atoms with Gasteiger partial charge in [0.05, 0.1) is 12.2 Å². The van der Waals surface area contributed by atoms with Crippen molar-refractivity contribution in [1.82, 2.24) is 15.3 Å². The third-order valence-corrected chi connectivity index (χ3v) is 6.16. The average molecular weight is 517 g/mol. The molecule has 6 N–H and O–H groups in total. The highest BCUT2D eigenvalue weighted by Crippen LogP contribution is 2.23. The number of aromatic nitrogens is 2. The van der Waals surface area contributed by atoms with Gasteiger partial charge in [-0.3, -0.25) is 0 Å². The molecule has 4 rings (SSSR count). The summed E-state index contributed by atoms with van der Waals surface area (Å²) >= 11 is 0. The Labute approximate surface area is 221 Å². The Hall–Kier alpha value is -4.67.